The fourth-order valence-corrected chi connectivity index (χ4v) is 9.05. The van der Waals surface area contributed by atoms with E-state index in [4.69, 9.17) is 14.4 Å². The van der Waals surface area contributed by atoms with Crippen molar-refractivity contribution in [1.82, 2.24) is 9.97 Å². The van der Waals surface area contributed by atoms with Gasteiger partial charge in [-0.1, -0.05) is 157 Å². The maximum absolute atomic E-state index is 6.78. The molecule has 1 spiro atoms. The standard InChI is InChI=1S/C45H28N2OS/c1-3-14-29(15-4-1)38-28-39(47-44(46-38)30-16-5-2-6-17-30)41-27-26-40(48-41)33-20-13-24-37-43(33)49-42-25-12-11-23-36(42)45(37)34-21-9-7-18-31(34)32-19-8-10-22-35(32)45/h1-28H. The third-order valence-electron chi connectivity index (χ3n) is 9.83. The molecule has 0 unspecified atom stereocenters. The van der Waals surface area contributed by atoms with Gasteiger partial charge in [-0.3, -0.25) is 0 Å². The van der Waals surface area contributed by atoms with E-state index in [2.05, 4.69) is 109 Å². The molecule has 0 atom stereocenters. The van der Waals surface area contributed by atoms with Crippen LogP contribution in [0.3, 0.4) is 0 Å². The number of hydrogen-bond acceptors (Lipinski definition) is 4. The van der Waals surface area contributed by atoms with E-state index < -0.39 is 5.41 Å². The molecular formula is C45H28N2OS. The lowest BCUT2D eigenvalue weighted by Crippen LogP contribution is -2.32. The van der Waals surface area contributed by atoms with Crippen LogP contribution >= 0.6 is 11.8 Å². The fraction of sp³-hybridized carbons (Fsp3) is 0.0222. The molecule has 10 rings (SSSR count). The number of hydrogen-bond donors (Lipinski definition) is 0. The third-order valence-corrected chi connectivity index (χ3v) is 11.0. The van der Waals surface area contributed by atoms with Crippen LogP contribution in [0.15, 0.2) is 184 Å². The summed E-state index contributed by atoms with van der Waals surface area (Å²) in [7, 11) is 0. The topological polar surface area (TPSA) is 38.9 Å². The Balaban J connectivity index is 1.16. The minimum atomic E-state index is -0.433. The predicted octanol–water partition coefficient (Wildman–Crippen LogP) is 11.6. The average Bonchev–Trinajstić information content (AvgIpc) is 3.78. The Morgan fingerprint density at radius 3 is 1.71 bits per heavy atom. The Labute approximate surface area is 289 Å². The summed E-state index contributed by atoms with van der Waals surface area (Å²) in [4.78, 5) is 12.5. The van der Waals surface area contributed by atoms with Crippen LogP contribution in [0.2, 0.25) is 0 Å². The lowest BCUT2D eigenvalue weighted by Gasteiger charge is -2.40. The number of aromatic nitrogens is 2. The highest BCUT2D eigenvalue weighted by Crippen LogP contribution is 2.63. The van der Waals surface area contributed by atoms with Crippen LogP contribution in [-0.4, -0.2) is 9.97 Å². The Hall–Kier alpha value is -5.97. The van der Waals surface area contributed by atoms with Gasteiger partial charge in [0.05, 0.1) is 11.1 Å². The first-order valence-electron chi connectivity index (χ1n) is 16.5. The average molecular weight is 645 g/mol. The van der Waals surface area contributed by atoms with Crippen molar-refractivity contribution in [2.75, 3.05) is 0 Å². The van der Waals surface area contributed by atoms with E-state index in [0.29, 0.717) is 11.6 Å². The van der Waals surface area contributed by atoms with Crippen molar-refractivity contribution < 1.29 is 4.42 Å². The van der Waals surface area contributed by atoms with E-state index in [1.165, 1.54) is 43.2 Å². The molecule has 1 aliphatic carbocycles. The first-order chi connectivity index (χ1) is 24.3. The van der Waals surface area contributed by atoms with Gasteiger partial charge in [0.25, 0.3) is 0 Å². The molecule has 0 N–H and O–H groups in total. The van der Waals surface area contributed by atoms with Crippen molar-refractivity contribution in [3.05, 3.63) is 192 Å². The van der Waals surface area contributed by atoms with Crippen LogP contribution in [0, 0.1) is 0 Å². The number of nitrogens with zero attached hydrogens (tertiary/aromatic N) is 2. The summed E-state index contributed by atoms with van der Waals surface area (Å²) in [5.74, 6) is 2.19. The van der Waals surface area contributed by atoms with E-state index in [0.717, 1.165) is 33.8 Å². The van der Waals surface area contributed by atoms with Crippen molar-refractivity contribution in [3.63, 3.8) is 0 Å². The third kappa shape index (κ3) is 4.24. The van der Waals surface area contributed by atoms with Gasteiger partial charge in [0.1, 0.15) is 11.5 Å². The maximum Gasteiger partial charge on any atom is 0.160 e. The Bertz CT molecular complexity index is 2430. The van der Waals surface area contributed by atoms with Crippen molar-refractivity contribution in [2.24, 2.45) is 0 Å². The zero-order valence-electron chi connectivity index (χ0n) is 26.4. The van der Waals surface area contributed by atoms with Crippen LogP contribution in [0.4, 0.5) is 0 Å². The monoisotopic (exact) mass is 644 g/mol. The van der Waals surface area contributed by atoms with E-state index in [1.54, 1.807) is 0 Å². The second-order valence-corrected chi connectivity index (χ2v) is 13.5. The molecular weight excluding hydrogens is 617 g/mol. The van der Waals surface area contributed by atoms with E-state index in [1.807, 2.05) is 72.4 Å². The van der Waals surface area contributed by atoms with Gasteiger partial charge in [0, 0.05) is 26.5 Å². The molecule has 8 aromatic rings. The maximum atomic E-state index is 6.78. The highest BCUT2D eigenvalue weighted by atomic mass is 32.2. The zero-order chi connectivity index (χ0) is 32.4. The molecule has 0 amide bonds. The molecule has 2 aliphatic rings. The van der Waals surface area contributed by atoms with Crippen LogP contribution in [0.5, 0.6) is 0 Å². The molecule has 49 heavy (non-hydrogen) atoms. The summed E-state index contributed by atoms with van der Waals surface area (Å²) < 4.78 is 6.78. The highest BCUT2D eigenvalue weighted by Gasteiger charge is 2.50. The number of rotatable bonds is 4. The molecule has 4 heteroatoms. The van der Waals surface area contributed by atoms with E-state index >= 15 is 0 Å². The summed E-state index contributed by atoms with van der Waals surface area (Å²) in [5, 5.41) is 0. The predicted molar refractivity (Wildman–Crippen MR) is 197 cm³/mol. The van der Waals surface area contributed by atoms with Gasteiger partial charge < -0.3 is 4.42 Å². The molecule has 0 saturated heterocycles. The quantitative estimate of drug-likeness (QED) is 0.191. The number of fused-ring (bicyclic) bond motifs is 9. The summed E-state index contributed by atoms with van der Waals surface area (Å²) in [6.45, 7) is 0. The minimum absolute atomic E-state index is 0.433. The van der Waals surface area contributed by atoms with E-state index in [9.17, 15) is 0 Å². The van der Waals surface area contributed by atoms with Gasteiger partial charge in [-0.15, -0.1) is 0 Å². The summed E-state index contributed by atoms with van der Waals surface area (Å²) in [6, 6.07) is 59.9. The lowest BCUT2D eigenvalue weighted by molar-refractivity contribution is 0.592. The first-order valence-corrected chi connectivity index (χ1v) is 17.3. The molecule has 1 aliphatic heterocycles. The van der Waals surface area contributed by atoms with Crippen molar-refractivity contribution >= 4 is 11.8 Å². The van der Waals surface area contributed by atoms with Crippen LogP contribution in [0.1, 0.15) is 22.3 Å². The van der Waals surface area contributed by atoms with Crippen molar-refractivity contribution in [3.8, 4) is 56.6 Å². The first kappa shape index (κ1) is 28.1. The van der Waals surface area contributed by atoms with Gasteiger partial charge in [-0.25, -0.2) is 9.97 Å². The molecule has 2 aromatic heterocycles. The molecule has 230 valence electrons. The summed E-state index contributed by atoms with van der Waals surface area (Å²) >= 11 is 1.83. The number of furan rings is 1. The second kappa shape index (κ2) is 11.0. The van der Waals surface area contributed by atoms with Gasteiger partial charge in [0.15, 0.2) is 11.6 Å². The molecule has 3 heterocycles. The van der Waals surface area contributed by atoms with Crippen LogP contribution < -0.4 is 0 Å². The fourth-order valence-electron chi connectivity index (χ4n) is 7.74. The smallest absolute Gasteiger partial charge is 0.160 e. The molecule has 0 radical (unpaired) electrons. The van der Waals surface area contributed by atoms with Gasteiger partial charge in [-0.05, 0) is 57.6 Å². The van der Waals surface area contributed by atoms with E-state index in [-0.39, 0.29) is 0 Å². The second-order valence-electron chi connectivity index (χ2n) is 12.5. The molecule has 0 fully saturated rings. The normalized spacial score (nSPS) is 13.4. The molecule has 3 nitrogen and oxygen atoms in total. The van der Waals surface area contributed by atoms with Crippen LogP contribution in [0.25, 0.3) is 56.6 Å². The van der Waals surface area contributed by atoms with Gasteiger partial charge in [-0.2, -0.15) is 0 Å². The van der Waals surface area contributed by atoms with Crippen LogP contribution in [-0.2, 0) is 5.41 Å². The van der Waals surface area contributed by atoms with Crippen molar-refractivity contribution in [2.45, 2.75) is 15.2 Å². The SMILES string of the molecule is c1ccc(-c2cc(-c3ccc(-c4cccc5c4Sc4ccccc4C54c5ccccc5-c5ccccc54)o3)nc(-c3ccccc3)n2)cc1. The largest absolute Gasteiger partial charge is 0.454 e. The number of benzene rings is 6. The Kier molecular flexibility index (Phi) is 6.33. The van der Waals surface area contributed by atoms with Gasteiger partial charge in [0.2, 0.25) is 0 Å². The Morgan fingerprint density at radius 1 is 0.429 bits per heavy atom. The molecule has 0 saturated carbocycles. The van der Waals surface area contributed by atoms with Gasteiger partial charge >= 0.3 is 0 Å². The summed E-state index contributed by atoms with van der Waals surface area (Å²) in [6.07, 6.45) is 0. The Morgan fingerprint density at radius 2 is 0.980 bits per heavy atom. The van der Waals surface area contributed by atoms with Crippen molar-refractivity contribution in [1.29, 1.82) is 0 Å². The summed E-state index contributed by atoms with van der Waals surface area (Å²) in [5.41, 5.74) is 12.1. The zero-order valence-corrected chi connectivity index (χ0v) is 27.2. The highest BCUT2D eigenvalue weighted by molar-refractivity contribution is 7.99. The molecule has 0 bridgehead atoms. The molecule has 6 aromatic carbocycles. The lowest BCUT2D eigenvalue weighted by atomic mass is 9.67. The minimum Gasteiger partial charge on any atom is -0.454 e.